The van der Waals surface area contributed by atoms with Crippen molar-refractivity contribution in [3.8, 4) is 0 Å². The van der Waals surface area contributed by atoms with Crippen LogP contribution in [0.3, 0.4) is 0 Å². The molecule has 9 heavy (non-hydrogen) atoms. The number of rotatable bonds is 0. The normalized spacial score (nSPS) is 25.0. The molecule has 3 heteroatoms. The lowest BCUT2D eigenvalue weighted by Gasteiger charge is -2.35. The van der Waals surface area contributed by atoms with Gasteiger partial charge in [-0.25, -0.2) is 0 Å². The van der Waals surface area contributed by atoms with Gasteiger partial charge in [-0.3, -0.25) is 0 Å². The SMILES string of the molecule is C[N+]1([SiH3])CCCCC1.[Cl-]. The number of hydrogen-bond donors (Lipinski definition) is 0. The van der Waals surface area contributed by atoms with Gasteiger partial charge in [-0.2, -0.15) is 0 Å². The zero-order chi connectivity index (χ0) is 6.04. The fourth-order valence-electron chi connectivity index (χ4n) is 1.37. The van der Waals surface area contributed by atoms with E-state index in [2.05, 4.69) is 7.05 Å². The fraction of sp³-hybridized carbons (Fsp3) is 1.00. The molecule has 0 spiro atoms. The minimum atomic E-state index is 0. The number of quaternary nitrogens is 1. The molecular weight excluding hydrogens is 150 g/mol. The van der Waals surface area contributed by atoms with Crippen LogP contribution in [0.2, 0.25) is 0 Å². The van der Waals surface area contributed by atoms with Crippen LogP contribution in [-0.4, -0.2) is 34.7 Å². The van der Waals surface area contributed by atoms with E-state index in [-0.39, 0.29) is 12.4 Å². The van der Waals surface area contributed by atoms with Gasteiger partial charge < -0.3 is 16.6 Å². The van der Waals surface area contributed by atoms with Crippen molar-refractivity contribution < 1.29 is 16.6 Å². The molecule has 1 rings (SSSR count). The summed E-state index contributed by atoms with van der Waals surface area (Å²) < 4.78 is 1.39. The van der Waals surface area contributed by atoms with Crippen molar-refractivity contribution in [1.82, 2.24) is 0 Å². The lowest BCUT2D eigenvalue weighted by Crippen LogP contribution is -3.00. The zero-order valence-corrected chi connectivity index (χ0v) is 9.12. The van der Waals surface area contributed by atoms with Gasteiger partial charge in [0.15, 0.2) is 0 Å². The third kappa shape index (κ3) is 3.23. The molecule has 1 aliphatic heterocycles. The monoisotopic (exact) mass is 165 g/mol. The Hall–Kier alpha value is 0.467. The first-order valence-electron chi connectivity index (χ1n) is 3.53. The van der Waals surface area contributed by atoms with Crippen LogP contribution in [0.5, 0.6) is 0 Å². The van der Waals surface area contributed by atoms with Crippen molar-refractivity contribution in [2.75, 3.05) is 20.1 Å². The van der Waals surface area contributed by atoms with Crippen LogP contribution in [0.15, 0.2) is 0 Å². The molecule has 0 N–H and O–H groups in total. The van der Waals surface area contributed by atoms with E-state index >= 15 is 0 Å². The van der Waals surface area contributed by atoms with Crippen LogP contribution in [-0.2, 0) is 0 Å². The molecule has 0 amide bonds. The van der Waals surface area contributed by atoms with Crippen LogP contribution in [0.25, 0.3) is 0 Å². The van der Waals surface area contributed by atoms with Gasteiger partial charge in [0.2, 0.25) is 10.4 Å². The number of halogens is 1. The first kappa shape index (κ1) is 9.47. The van der Waals surface area contributed by atoms with Crippen molar-refractivity contribution in [3.05, 3.63) is 0 Å². The second-order valence-corrected chi connectivity index (χ2v) is 5.60. The highest BCUT2D eigenvalue weighted by atomic mass is 35.5. The maximum atomic E-state index is 2.38. The summed E-state index contributed by atoms with van der Waals surface area (Å²) in [7, 11) is 3.73. The Kier molecular flexibility index (Phi) is 3.78. The molecule has 1 saturated heterocycles. The smallest absolute Gasteiger partial charge is 0.239 e. The highest BCUT2D eigenvalue weighted by molar-refractivity contribution is 5.97. The van der Waals surface area contributed by atoms with E-state index in [4.69, 9.17) is 0 Å². The van der Waals surface area contributed by atoms with Crippen molar-refractivity contribution in [3.63, 3.8) is 0 Å². The van der Waals surface area contributed by atoms with Gasteiger partial charge in [0.25, 0.3) is 0 Å². The molecule has 0 aromatic rings. The minimum Gasteiger partial charge on any atom is -1.00 e. The zero-order valence-electron chi connectivity index (χ0n) is 6.36. The summed E-state index contributed by atoms with van der Waals surface area (Å²) in [5, 5.41) is 0. The summed E-state index contributed by atoms with van der Waals surface area (Å²) in [5.74, 6) is 0. The summed E-state index contributed by atoms with van der Waals surface area (Å²) in [4.78, 5) is 0. The summed E-state index contributed by atoms with van der Waals surface area (Å²) in [6.07, 6.45) is 4.43. The van der Waals surface area contributed by atoms with Crippen molar-refractivity contribution in [1.29, 1.82) is 0 Å². The van der Waals surface area contributed by atoms with Crippen LogP contribution in [0.1, 0.15) is 19.3 Å². The molecule has 0 atom stereocenters. The van der Waals surface area contributed by atoms with Gasteiger partial charge in [0.1, 0.15) is 0 Å². The largest absolute Gasteiger partial charge is 1.00 e. The van der Waals surface area contributed by atoms with E-state index in [1.54, 1.807) is 0 Å². The van der Waals surface area contributed by atoms with Gasteiger partial charge in [0, 0.05) is 0 Å². The highest BCUT2D eigenvalue weighted by Crippen LogP contribution is 2.11. The highest BCUT2D eigenvalue weighted by Gasteiger charge is 2.16. The Morgan fingerprint density at radius 3 is 1.78 bits per heavy atom. The molecule has 0 radical (unpaired) electrons. The standard InChI is InChI=1S/C6H16NSi.ClH/c1-7(8)5-3-2-4-6-7;/h2-6H2,1,8H3;1H/q+1;/p-1. The van der Waals surface area contributed by atoms with E-state index in [0.717, 1.165) is 0 Å². The molecule has 56 valence electrons. The Bertz CT molecular complexity index is 77.1. The van der Waals surface area contributed by atoms with Crippen LogP contribution in [0.4, 0.5) is 0 Å². The number of nitrogens with zero attached hydrogens (tertiary/aromatic N) is 1. The van der Waals surface area contributed by atoms with E-state index < -0.39 is 0 Å². The maximum Gasteiger partial charge on any atom is 0.239 e. The van der Waals surface area contributed by atoms with Gasteiger partial charge in [0.05, 0.1) is 20.1 Å². The Morgan fingerprint density at radius 1 is 1.11 bits per heavy atom. The van der Waals surface area contributed by atoms with Gasteiger partial charge >= 0.3 is 0 Å². The van der Waals surface area contributed by atoms with E-state index in [1.807, 2.05) is 0 Å². The molecule has 0 aliphatic carbocycles. The summed E-state index contributed by atoms with van der Waals surface area (Å²) in [5.41, 5.74) is 0. The molecule has 1 heterocycles. The lowest BCUT2D eigenvalue weighted by atomic mass is 10.1. The summed E-state index contributed by atoms with van der Waals surface area (Å²) >= 11 is 0. The van der Waals surface area contributed by atoms with Crippen LogP contribution in [0, 0.1) is 0 Å². The van der Waals surface area contributed by atoms with Crippen molar-refractivity contribution in [2.24, 2.45) is 0 Å². The van der Waals surface area contributed by atoms with Gasteiger partial charge in [-0.15, -0.1) is 0 Å². The predicted molar refractivity (Wildman–Crippen MR) is 39.7 cm³/mol. The number of hydrogen-bond acceptors (Lipinski definition) is 0. The lowest BCUT2D eigenvalue weighted by molar-refractivity contribution is -0.801. The molecule has 1 fully saturated rings. The Balaban J connectivity index is 0.000000640. The molecule has 1 nitrogen and oxygen atoms in total. The van der Waals surface area contributed by atoms with Crippen LogP contribution < -0.4 is 12.4 Å². The average Bonchev–Trinajstić information content (AvgIpc) is 1.65. The molecule has 1 aliphatic rings. The Labute approximate surface area is 66.9 Å². The molecule has 0 aromatic heterocycles. The first-order chi connectivity index (χ1) is 3.71. The maximum absolute atomic E-state index is 2.38. The van der Waals surface area contributed by atoms with Gasteiger partial charge in [-0.1, -0.05) is 0 Å². The minimum absolute atomic E-state index is 0. The summed E-state index contributed by atoms with van der Waals surface area (Å²) in [6.45, 7) is 2.90. The van der Waals surface area contributed by atoms with E-state index in [0.29, 0.717) is 0 Å². The topological polar surface area (TPSA) is 0 Å². The first-order valence-corrected chi connectivity index (χ1v) is 4.42. The van der Waals surface area contributed by atoms with Crippen molar-refractivity contribution >= 4 is 10.4 Å². The molecule has 0 bridgehead atoms. The second kappa shape index (κ2) is 3.59. The average molecular weight is 166 g/mol. The molecule has 0 aromatic carbocycles. The number of piperidine rings is 1. The third-order valence-corrected chi connectivity index (χ3v) is 2.92. The quantitative estimate of drug-likeness (QED) is 0.334. The van der Waals surface area contributed by atoms with E-state index in [9.17, 15) is 0 Å². The van der Waals surface area contributed by atoms with Crippen molar-refractivity contribution in [2.45, 2.75) is 19.3 Å². The fourth-order valence-corrected chi connectivity index (χ4v) is 2.00. The van der Waals surface area contributed by atoms with Crippen LogP contribution >= 0.6 is 0 Å². The molecule has 0 saturated carbocycles. The van der Waals surface area contributed by atoms with Gasteiger partial charge in [-0.05, 0) is 19.3 Å². The third-order valence-electron chi connectivity index (χ3n) is 2.03. The second-order valence-electron chi connectivity index (χ2n) is 3.44. The van der Waals surface area contributed by atoms with E-state index in [1.165, 1.54) is 46.9 Å². The number of likely N-dealkylation sites (tertiary alicyclic amines) is 1. The summed E-state index contributed by atoms with van der Waals surface area (Å²) in [6, 6.07) is 0. The predicted octanol–water partition coefficient (Wildman–Crippen LogP) is -3.10. The molecular formula is C6H16ClNSi. The molecule has 0 unspecified atom stereocenters. The Morgan fingerprint density at radius 2 is 1.56 bits per heavy atom.